The number of hydrogen-bond acceptors (Lipinski definition) is 4. The number of rotatable bonds is 11. The molecular formula is C29H31Cl4N3O4S. The van der Waals surface area contributed by atoms with Crippen LogP contribution in [0.5, 0.6) is 0 Å². The minimum atomic E-state index is -4.26. The number of aryl methyl sites for hydroxylation is 1. The quantitative estimate of drug-likeness (QED) is 0.237. The van der Waals surface area contributed by atoms with Crippen LogP contribution in [-0.2, 0) is 26.2 Å². The van der Waals surface area contributed by atoms with Gasteiger partial charge in [-0.1, -0.05) is 77.1 Å². The molecule has 3 aromatic rings. The van der Waals surface area contributed by atoms with E-state index in [4.69, 9.17) is 46.4 Å². The number of carbonyl (C=O) groups excluding carboxylic acids is 2. The Morgan fingerprint density at radius 3 is 2.05 bits per heavy atom. The van der Waals surface area contributed by atoms with Gasteiger partial charge in [0.1, 0.15) is 12.6 Å². The fourth-order valence-electron chi connectivity index (χ4n) is 3.91. The third kappa shape index (κ3) is 8.08. The van der Waals surface area contributed by atoms with E-state index >= 15 is 0 Å². The first-order chi connectivity index (χ1) is 19.3. The molecule has 12 heteroatoms. The molecular weight excluding hydrogens is 628 g/mol. The van der Waals surface area contributed by atoms with E-state index in [0.29, 0.717) is 22.0 Å². The second-order valence-electron chi connectivity index (χ2n) is 9.64. The lowest BCUT2D eigenvalue weighted by molar-refractivity contribution is -0.139. The van der Waals surface area contributed by atoms with Crippen LogP contribution >= 0.6 is 46.4 Å². The third-order valence-electron chi connectivity index (χ3n) is 6.64. The van der Waals surface area contributed by atoms with Crippen LogP contribution in [0, 0.1) is 6.92 Å². The van der Waals surface area contributed by atoms with E-state index in [0.717, 1.165) is 9.87 Å². The monoisotopic (exact) mass is 657 g/mol. The van der Waals surface area contributed by atoms with Crippen molar-refractivity contribution < 1.29 is 18.0 Å². The number of nitrogens with zero attached hydrogens (tertiary/aromatic N) is 2. The summed E-state index contributed by atoms with van der Waals surface area (Å²) in [4.78, 5) is 28.4. The zero-order chi connectivity index (χ0) is 30.5. The second-order valence-corrected chi connectivity index (χ2v) is 13.1. The summed E-state index contributed by atoms with van der Waals surface area (Å²) in [5, 5.41) is 3.82. The molecule has 3 aromatic carbocycles. The number of benzene rings is 3. The SMILES string of the molecule is CC[C@H](C)NC(=O)[C@@H](C)N(Cc1c(Cl)cccc1Cl)C(=O)CN(c1ccc(Cl)c(Cl)c1)S(=O)(=O)c1ccc(C)cc1. The first-order valence-electron chi connectivity index (χ1n) is 12.8. The second kappa shape index (κ2) is 14.1. The van der Waals surface area contributed by atoms with Crippen molar-refractivity contribution in [3.05, 3.63) is 91.9 Å². The van der Waals surface area contributed by atoms with Crippen molar-refractivity contribution in [2.24, 2.45) is 0 Å². The summed E-state index contributed by atoms with van der Waals surface area (Å²) >= 11 is 25.2. The maximum absolute atomic E-state index is 14.0. The Hall–Kier alpha value is -2.49. The molecule has 0 saturated carbocycles. The van der Waals surface area contributed by atoms with Gasteiger partial charge in [-0.05, 0) is 69.7 Å². The summed E-state index contributed by atoms with van der Waals surface area (Å²) in [6.07, 6.45) is 0.683. The zero-order valence-electron chi connectivity index (χ0n) is 23.0. The molecule has 0 fully saturated rings. The van der Waals surface area contributed by atoms with E-state index in [9.17, 15) is 18.0 Å². The third-order valence-corrected chi connectivity index (χ3v) is 9.87. The molecule has 220 valence electrons. The van der Waals surface area contributed by atoms with Gasteiger partial charge >= 0.3 is 0 Å². The van der Waals surface area contributed by atoms with Gasteiger partial charge in [0.05, 0.1) is 20.6 Å². The largest absolute Gasteiger partial charge is 0.352 e. The Kier molecular flexibility index (Phi) is 11.4. The Labute approximate surface area is 261 Å². The van der Waals surface area contributed by atoms with Gasteiger partial charge in [0.25, 0.3) is 10.0 Å². The maximum Gasteiger partial charge on any atom is 0.264 e. The van der Waals surface area contributed by atoms with Crippen molar-refractivity contribution >= 4 is 73.9 Å². The van der Waals surface area contributed by atoms with E-state index in [1.807, 2.05) is 20.8 Å². The number of amides is 2. The van der Waals surface area contributed by atoms with Crippen molar-refractivity contribution in [3.8, 4) is 0 Å². The lowest BCUT2D eigenvalue weighted by Gasteiger charge is -2.33. The molecule has 0 aliphatic carbocycles. The van der Waals surface area contributed by atoms with Crippen molar-refractivity contribution in [3.63, 3.8) is 0 Å². The number of anilines is 1. The van der Waals surface area contributed by atoms with Gasteiger partial charge < -0.3 is 10.2 Å². The highest BCUT2D eigenvalue weighted by Crippen LogP contribution is 2.32. The van der Waals surface area contributed by atoms with E-state index in [2.05, 4.69) is 5.32 Å². The number of sulfonamides is 1. The molecule has 0 saturated heterocycles. The summed E-state index contributed by atoms with van der Waals surface area (Å²) in [7, 11) is -4.26. The van der Waals surface area contributed by atoms with Gasteiger partial charge in [0.2, 0.25) is 11.8 Å². The number of carbonyl (C=O) groups is 2. The number of nitrogens with one attached hydrogen (secondary N) is 1. The topological polar surface area (TPSA) is 86.8 Å². The first kappa shape index (κ1) is 33.0. The Morgan fingerprint density at radius 2 is 1.49 bits per heavy atom. The van der Waals surface area contributed by atoms with Crippen molar-refractivity contribution in [1.82, 2.24) is 10.2 Å². The standard InChI is InChI=1S/C29H31Cl4N3O4S/c1-5-19(3)34-29(38)20(4)35(16-23-24(30)7-6-8-25(23)31)28(37)17-36(21-11-14-26(32)27(33)15-21)41(39,40)22-12-9-18(2)10-13-22/h6-15,19-20H,5,16-17H2,1-4H3,(H,34,38)/t19-,20+/m0/s1. The van der Waals surface area contributed by atoms with Gasteiger partial charge in [0, 0.05) is 28.2 Å². The van der Waals surface area contributed by atoms with Gasteiger partial charge in [0.15, 0.2) is 0 Å². The van der Waals surface area contributed by atoms with E-state index in [-0.39, 0.29) is 33.2 Å². The maximum atomic E-state index is 14.0. The summed E-state index contributed by atoms with van der Waals surface area (Å²) < 4.78 is 28.8. The van der Waals surface area contributed by atoms with Crippen LogP contribution in [0.4, 0.5) is 5.69 Å². The lowest BCUT2D eigenvalue weighted by Crippen LogP contribution is -2.52. The minimum Gasteiger partial charge on any atom is -0.352 e. The molecule has 2 amide bonds. The number of halogens is 4. The fraction of sp³-hybridized carbons (Fsp3) is 0.310. The highest BCUT2D eigenvalue weighted by atomic mass is 35.5. The summed E-state index contributed by atoms with van der Waals surface area (Å²) in [5.41, 5.74) is 1.42. The minimum absolute atomic E-state index is 0.0229. The molecule has 0 radical (unpaired) electrons. The first-order valence-corrected chi connectivity index (χ1v) is 15.8. The van der Waals surface area contributed by atoms with Crippen molar-refractivity contribution in [2.75, 3.05) is 10.8 Å². The molecule has 1 N–H and O–H groups in total. The average Bonchev–Trinajstić information content (AvgIpc) is 2.92. The summed E-state index contributed by atoms with van der Waals surface area (Å²) in [6.45, 7) is 6.40. The van der Waals surface area contributed by atoms with E-state index < -0.39 is 34.4 Å². The van der Waals surface area contributed by atoms with Crippen molar-refractivity contribution in [2.45, 2.75) is 57.6 Å². The van der Waals surface area contributed by atoms with Crippen LogP contribution in [0.15, 0.2) is 65.6 Å². The summed E-state index contributed by atoms with van der Waals surface area (Å²) in [6, 6.07) is 14.3. The van der Waals surface area contributed by atoms with E-state index in [1.165, 1.54) is 35.2 Å². The molecule has 0 bridgehead atoms. The van der Waals surface area contributed by atoms with Crippen molar-refractivity contribution in [1.29, 1.82) is 0 Å². The van der Waals surface area contributed by atoms with Crippen LogP contribution < -0.4 is 9.62 Å². The van der Waals surface area contributed by atoms with Crippen LogP contribution in [0.2, 0.25) is 20.1 Å². The molecule has 0 heterocycles. The molecule has 2 atom stereocenters. The van der Waals surface area contributed by atoms with Crippen LogP contribution in [-0.4, -0.2) is 43.8 Å². The molecule has 0 spiro atoms. The Morgan fingerprint density at radius 1 is 0.878 bits per heavy atom. The predicted molar refractivity (Wildman–Crippen MR) is 167 cm³/mol. The summed E-state index contributed by atoms with van der Waals surface area (Å²) in [5.74, 6) is -1.06. The molecule has 0 aliphatic heterocycles. The molecule has 7 nitrogen and oxygen atoms in total. The molecule has 0 aromatic heterocycles. The lowest BCUT2D eigenvalue weighted by atomic mass is 10.1. The van der Waals surface area contributed by atoms with Crippen LogP contribution in [0.3, 0.4) is 0 Å². The molecule has 0 aliphatic rings. The normalized spacial score (nSPS) is 12.9. The Bertz CT molecular complexity index is 1500. The van der Waals surface area contributed by atoms with Crippen LogP contribution in [0.25, 0.3) is 0 Å². The predicted octanol–water partition coefficient (Wildman–Crippen LogP) is 7.14. The van der Waals surface area contributed by atoms with Gasteiger partial charge in [-0.2, -0.15) is 0 Å². The van der Waals surface area contributed by atoms with E-state index in [1.54, 1.807) is 37.3 Å². The fourth-order valence-corrected chi connectivity index (χ4v) is 6.12. The average molecular weight is 659 g/mol. The number of hydrogen-bond donors (Lipinski definition) is 1. The van der Waals surface area contributed by atoms with Gasteiger partial charge in [-0.25, -0.2) is 8.42 Å². The van der Waals surface area contributed by atoms with Gasteiger partial charge in [-0.3, -0.25) is 13.9 Å². The highest BCUT2D eigenvalue weighted by Gasteiger charge is 2.33. The molecule has 0 unspecified atom stereocenters. The smallest absolute Gasteiger partial charge is 0.264 e. The Balaban J connectivity index is 2.09. The molecule has 3 rings (SSSR count). The highest BCUT2D eigenvalue weighted by molar-refractivity contribution is 7.92. The zero-order valence-corrected chi connectivity index (χ0v) is 26.8. The van der Waals surface area contributed by atoms with Crippen LogP contribution in [0.1, 0.15) is 38.3 Å². The van der Waals surface area contributed by atoms with Gasteiger partial charge in [-0.15, -0.1) is 0 Å². The molecule has 41 heavy (non-hydrogen) atoms.